The lowest BCUT2D eigenvalue weighted by atomic mass is 10.0. The minimum Gasteiger partial charge on any atom is -0.483 e. The fraction of sp³-hybridized carbons (Fsp3) is 0.372. The molecule has 2 aliphatic rings. The van der Waals surface area contributed by atoms with E-state index in [1.54, 1.807) is 19.3 Å². The molecule has 3 aromatic carbocycles. The lowest BCUT2D eigenvalue weighted by Crippen LogP contribution is -2.54. The largest absolute Gasteiger partial charge is 0.483 e. The fourth-order valence-electron chi connectivity index (χ4n) is 7.22. The lowest BCUT2D eigenvalue weighted by molar-refractivity contribution is -0.136. The number of amides is 6. The number of nitrogens with zero attached hydrogens (tertiary/aromatic N) is 2. The van der Waals surface area contributed by atoms with E-state index in [1.165, 1.54) is 37.0 Å². The molecular formula is C43H48N6O7. The van der Waals surface area contributed by atoms with Crippen LogP contribution >= 0.6 is 0 Å². The number of anilines is 2. The van der Waals surface area contributed by atoms with Crippen LogP contribution in [0.4, 0.5) is 11.4 Å². The van der Waals surface area contributed by atoms with Gasteiger partial charge in [0.1, 0.15) is 11.8 Å². The molecule has 4 N–H and O–H groups in total. The zero-order valence-electron chi connectivity index (χ0n) is 31.7. The Morgan fingerprint density at radius 1 is 0.857 bits per heavy atom. The van der Waals surface area contributed by atoms with Crippen molar-refractivity contribution in [1.29, 1.82) is 0 Å². The summed E-state index contributed by atoms with van der Waals surface area (Å²) in [6.45, 7) is 0.192. The van der Waals surface area contributed by atoms with Crippen LogP contribution in [0.1, 0.15) is 107 Å². The summed E-state index contributed by atoms with van der Waals surface area (Å²) in [4.78, 5) is 80.7. The van der Waals surface area contributed by atoms with Crippen LogP contribution in [-0.2, 0) is 20.8 Å². The summed E-state index contributed by atoms with van der Waals surface area (Å²) in [5.41, 5.74) is 4.34. The molecule has 6 rings (SSSR count). The maximum absolute atomic E-state index is 13.2. The molecule has 4 aromatic rings. The number of hydrogen-bond acceptors (Lipinski definition) is 9. The van der Waals surface area contributed by atoms with Crippen molar-refractivity contribution in [2.75, 3.05) is 25.5 Å². The van der Waals surface area contributed by atoms with Crippen molar-refractivity contribution in [2.45, 2.75) is 83.1 Å². The van der Waals surface area contributed by atoms with E-state index in [0.717, 1.165) is 72.1 Å². The van der Waals surface area contributed by atoms with Crippen LogP contribution in [0.5, 0.6) is 5.75 Å². The van der Waals surface area contributed by atoms with E-state index in [0.29, 0.717) is 12.1 Å². The minimum atomic E-state index is -1.08. The number of para-hydroxylation sites is 1. The van der Waals surface area contributed by atoms with E-state index in [-0.39, 0.29) is 48.1 Å². The zero-order chi connectivity index (χ0) is 39.4. The molecule has 1 aromatic heterocycles. The van der Waals surface area contributed by atoms with Gasteiger partial charge in [0.05, 0.1) is 27.9 Å². The van der Waals surface area contributed by atoms with Crippen LogP contribution in [0, 0.1) is 0 Å². The highest BCUT2D eigenvalue weighted by Gasteiger charge is 2.46. The third-order valence-electron chi connectivity index (χ3n) is 10.2. The van der Waals surface area contributed by atoms with Crippen molar-refractivity contribution in [3.8, 4) is 5.75 Å². The van der Waals surface area contributed by atoms with E-state index < -0.39 is 29.7 Å². The quantitative estimate of drug-likeness (QED) is 0.0661. The number of aryl methyl sites for hydroxylation is 1. The Bertz CT molecular complexity index is 2100. The van der Waals surface area contributed by atoms with Crippen LogP contribution in [0.25, 0.3) is 10.9 Å². The Labute approximate surface area is 326 Å². The van der Waals surface area contributed by atoms with E-state index in [1.807, 2.05) is 36.4 Å². The average molecular weight is 761 g/mol. The van der Waals surface area contributed by atoms with Gasteiger partial charge < -0.3 is 20.7 Å². The van der Waals surface area contributed by atoms with Gasteiger partial charge in [-0.25, -0.2) is 0 Å². The van der Waals surface area contributed by atoms with Crippen molar-refractivity contribution in [3.05, 3.63) is 95.2 Å². The van der Waals surface area contributed by atoms with Gasteiger partial charge in [0.25, 0.3) is 23.6 Å². The topological polar surface area (TPSA) is 176 Å². The van der Waals surface area contributed by atoms with Gasteiger partial charge in [-0.2, -0.15) is 0 Å². The summed E-state index contributed by atoms with van der Waals surface area (Å²) in [6.07, 6.45) is 12.5. The second-order valence-corrected chi connectivity index (χ2v) is 14.2. The molecule has 1 unspecified atom stereocenters. The van der Waals surface area contributed by atoms with Crippen molar-refractivity contribution in [1.82, 2.24) is 25.8 Å². The molecule has 1 saturated heterocycles. The number of pyridine rings is 1. The van der Waals surface area contributed by atoms with Gasteiger partial charge >= 0.3 is 0 Å². The first-order valence-corrected chi connectivity index (χ1v) is 19.4. The molecule has 56 heavy (non-hydrogen) atoms. The van der Waals surface area contributed by atoms with Gasteiger partial charge in [0.2, 0.25) is 11.8 Å². The highest BCUT2D eigenvalue weighted by Crippen LogP contribution is 2.34. The summed E-state index contributed by atoms with van der Waals surface area (Å²) in [6, 6.07) is 19.6. The van der Waals surface area contributed by atoms with Crippen LogP contribution < -0.4 is 26.0 Å². The number of rotatable bonds is 19. The third kappa shape index (κ3) is 9.57. The molecule has 1 fully saturated rings. The van der Waals surface area contributed by atoms with Crippen molar-refractivity contribution in [3.63, 3.8) is 0 Å². The maximum Gasteiger partial charge on any atom is 0.266 e. The first-order valence-electron chi connectivity index (χ1n) is 19.4. The highest BCUT2D eigenvalue weighted by molar-refractivity contribution is 6.24. The molecule has 0 bridgehead atoms. The predicted octanol–water partition coefficient (Wildman–Crippen LogP) is 5.99. The number of benzene rings is 3. The molecule has 6 amide bonds. The number of carbonyl (C=O) groups is 6. The number of unbranched alkanes of at least 4 members (excludes halogenated alkanes) is 8. The van der Waals surface area contributed by atoms with Crippen molar-refractivity contribution < 1.29 is 33.5 Å². The van der Waals surface area contributed by atoms with Gasteiger partial charge in [-0.05, 0) is 67.6 Å². The third-order valence-corrected chi connectivity index (χ3v) is 10.2. The number of ether oxygens (including phenoxy) is 1. The molecule has 2 aliphatic heterocycles. The normalized spacial score (nSPS) is 15.1. The van der Waals surface area contributed by atoms with Gasteiger partial charge in [0.15, 0.2) is 6.61 Å². The number of nitrogens with one attached hydrogen (secondary N) is 4. The molecule has 3 heterocycles. The Balaban J connectivity index is 0.846. The van der Waals surface area contributed by atoms with Gasteiger partial charge in [-0.1, -0.05) is 75.3 Å². The van der Waals surface area contributed by atoms with Crippen LogP contribution in [0.15, 0.2) is 72.9 Å². The number of carbonyl (C=O) groups excluding carboxylic acids is 6. The van der Waals surface area contributed by atoms with E-state index in [4.69, 9.17) is 4.74 Å². The Morgan fingerprint density at radius 3 is 2.32 bits per heavy atom. The van der Waals surface area contributed by atoms with E-state index in [2.05, 4.69) is 38.4 Å². The van der Waals surface area contributed by atoms with Crippen LogP contribution in [0.3, 0.4) is 0 Å². The summed E-state index contributed by atoms with van der Waals surface area (Å²) in [5, 5.41) is 12.1. The minimum absolute atomic E-state index is 0.0160. The summed E-state index contributed by atoms with van der Waals surface area (Å²) in [5.74, 6) is -2.86. The molecule has 13 heteroatoms. The Hall–Kier alpha value is -6.11. The Morgan fingerprint density at radius 2 is 1.59 bits per heavy atom. The number of hydrogen-bond donors (Lipinski definition) is 4. The number of imide groups is 2. The van der Waals surface area contributed by atoms with E-state index in [9.17, 15) is 28.8 Å². The summed E-state index contributed by atoms with van der Waals surface area (Å²) >= 11 is 0. The summed E-state index contributed by atoms with van der Waals surface area (Å²) < 4.78 is 5.66. The molecule has 292 valence electrons. The first-order chi connectivity index (χ1) is 27.2. The van der Waals surface area contributed by atoms with Crippen molar-refractivity contribution in [2.24, 2.45) is 0 Å². The molecular weight excluding hydrogens is 713 g/mol. The second kappa shape index (κ2) is 19.0. The second-order valence-electron chi connectivity index (χ2n) is 14.2. The molecule has 0 saturated carbocycles. The number of piperidine rings is 1. The SMILES string of the molecule is CNC(=O)c1cnc2ccc(CCCCCCCCCCCNC(=O)COc3cccc4c3C(=O)N(C3CCC(=O)NC3=O)C4=O)cc2c1Nc1ccccc1. The van der Waals surface area contributed by atoms with Crippen molar-refractivity contribution >= 4 is 57.7 Å². The molecule has 13 nitrogen and oxygen atoms in total. The number of fused-ring (bicyclic) bond motifs is 2. The molecule has 0 aliphatic carbocycles. The predicted molar refractivity (Wildman–Crippen MR) is 212 cm³/mol. The Kier molecular flexibility index (Phi) is 13.4. The van der Waals surface area contributed by atoms with Crippen LogP contribution in [0.2, 0.25) is 0 Å². The van der Waals surface area contributed by atoms with Gasteiger partial charge in [0, 0.05) is 37.3 Å². The highest BCUT2D eigenvalue weighted by atomic mass is 16.5. The monoisotopic (exact) mass is 760 g/mol. The molecule has 0 spiro atoms. The first kappa shape index (κ1) is 39.6. The van der Waals surface area contributed by atoms with Gasteiger partial charge in [-0.3, -0.25) is 44.0 Å². The van der Waals surface area contributed by atoms with Crippen LogP contribution in [-0.4, -0.2) is 71.6 Å². The van der Waals surface area contributed by atoms with E-state index >= 15 is 0 Å². The standard InChI is InChI=1S/C43H48N6O7/c1-44-40(52)32-26-46-33-21-20-28(25-31(33)39(32)47-29-16-11-9-12-17-29)15-10-7-5-3-2-4-6-8-13-24-45-37(51)27-56-35-19-14-18-30-38(35)43(55)49(42(30)54)34-22-23-36(50)48-41(34)53/h9,11-12,14,16-21,25-26,34H,2-8,10,13,15,22-24,27H2,1H3,(H,44,52)(H,45,51)(H,46,47)(H,48,50,53). The zero-order valence-corrected chi connectivity index (χ0v) is 31.7. The maximum atomic E-state index is 13.2. The summed E-state index contributed by atoms with van der Waals surface area (Å²) in [7, 11) is 1.62. The average Bonchev–Trinajstić information content (AvgIpc) is 3.46. The smallest absolute Gasteiger partial charge is 0.266 e. The molecule has 1 atom stereocenters. The van der Waals surface area contributed by atoms with Gasteiger partial charge in [-0.15, -0.1) is 0 Å². The lowest BCUT2D eigenvalue weighted by Gasteiger charge is -2.27. The number of aromatic nitrogens is 1. The fourth-order valence-corrected chi connectivity index (χ4v) is 7.22. The molecule has 0 radical (unpaired) electrons.